The van der Waals surface area contributed by atoms with Gasteiger partial charge in [0.25, 0.3) is 0 Å². The second kappa shape index (κ2) is 4.17. The van der Waals surface area contributed by atoms with Crippen LogP contribution in [0.1, 0.15) is 26.7 Å². The lowest BCUT2D eigenvalue weighted by Crippen LogP contribution is -2.17. The Morgan fingerprint density at radius 1 is 1.50 bits per heavy atom. The minimum absolute atomic E-state index is 0.0359. The summed E-state index contributed by atoms with van der Waals surface area (Å²) >= 11 is 0. The van der Waals surface area contributed by atoms with Gasteiger partial charge in [0.05, 0.1) is 6.10 Å². The molecule has 10 heavy (non-hydrogen) atoms. The monoisotopic (exact) mass is 144 g/mol. The van der Waals surface area contributed by atoms with E-state index in [1.807, 2.05) is 0 Å². The molecule has 0 fully saturated rings. The molecule has 0 aromatic carbocycles. The molecule has 0 aliphatic heterocycles. The minimum Gasteiger partial charge on any atom is -0.393 e. The first-order valence-corrected chi connectivity index (χ1v) is 3.29. The van der Waals surface area contributed by atoms with Crippen molar-refractivity contribution < 1.29 is 14.7 Å². The highest BCUT2D eigenvalue weighted by Crippen LogP contribution is 1.97. The summed E-state index contributed by atoms with van der Waals surface area (Å²) in [5.41, 5.74) is 0. The van der Waals surface area contributed by atoms with Gasteiger partial charge in [0.15, 0.2) is 5.78 Å². The van der Waals surface area contributed by atoms with Crippen molar-refractivity contribution in [2.45, 2.75) is 32.8 Å². The van der Waals surface area contributed by atoms with Crippen LogP contribution >= 0.6 is 0 Å². The fourth-order valence-corrected chi connectivity index (χ4v) is 0.502. The van der Waals surface area contributed by atoms with E-state index in [4.69, 9.17) is 5.11 Å². The van der Waals surface area contributed by atoms with Gasteiger partial charge in [-0.05, 0) is 6.42 Å². The zero-order valence-corrected chi connectivity index (χ0v) is 6.26. The van der Waals surface area contributed by atoms with Crippen LogP contribution in [0.15, 0.2) is 0 Å². The van der Waals surface area contributed by atoms with Crippen molar-refractivity contribution >= 4 is 11.6 Å². The number of rotatable bonds is 4. The van der Waals surface area contributed by atoms with Gasteiger partial charge >= 0.3 is 0 Å². The summed E-state index contributed by atoms with van der Waals surface area (Å²) in [7, 11) is 0. The molecule has 0 heterocycles. The fourth-order valence-electron chi connectivity index (χ4n) is 0.502. The second-order valence-electron chi connectivity index (χ2n) is 2.25. The van der Waals surface area contributed by atoms with E-state index < -0.39 is 17.7 Å². The van der Waals surface area contributed by atoms with E-state index in [9.17, 15) is 9.59 Å². The zero-order valence-electron chi connectivity index (χ0n) is 6.26. The van der Waals surface area contributed by atoms with Crippen molar-refractivity contribution in [3.05, 3.63) is 0 Å². The Bertz CT molecular complexity index is 140. The standard InChI is InChI=1S/C7H12O3/c1-3-6(9)4-7(10)5(2)8/h6,9H,3-4H2,1-2H3. The van der Waals surface area contributed by atoms with Crippen LogP contribution in [0.4, 0.5) is 0 Å². The second-order valence-corrected chi connectivity index (χ2v) is 2.25. The summed E-state index contributed by atoms with van der Waals surface area (Å²) in [6.45, 7) is 2.97. The summed E-state index contributed by atoms with van der Waals surface area (Å²) in [5, 5.41) is 8.90. The molecular weight excluding hydrogens is 132 g/mol. The van der Waals surface area contributed by atoms with Gasteiger partial charge in [-0.3, -0.25) is 9.59 Å². The lowest BCUT2D eigenvalue weighted by molar-refractivity contribution is -0.136. The Morgan fingerprint density at radius 3 is 2.30 bits per heavy atom. The first-order valence-electron chi connectivity index (χ1n) is 3.29. The van der Waals surface area contributed by atoms with Crippen molar-refractivity contribution in [2.75, 3.05) is 0 Å². The predicted octanol–water partition coefficient (Wildman–Crippen LogP) is 0.305. The SMILES string of the molecule is CCC(O)CC(=O)C(C)=O. The van der Waals surface area contributed by atoms with Crippen molar-refractivity contribution in [1.82, 2.24) is 0 Å². The third-order valence-electron chi connectivity index (χ3n) is 1.28. The topological polar surface area (TPSA) is 54.4 Å². The smallest absolute Gasteiger partial charge is 0.200 e. The average Bonchev–Trinajstić information content (AvgIpc) is 1.87. The van der Waals surface area contributed by atoms with E-state index >= 15 is 0 Å². The van der Waals surface area contributed by atoms with Crippen molar-refractivity contribution in [3.63, 3.8) is 0 Å². The predicted molar refractivity (Wildman–Crippen MR) is 36.6 cm³/mol. The van der Waals surface area contributed by atoms with Gasteiger partial charge < -0.3 is 5.11 Å². The van der Waals surface area contributed by atoms with E-state index in [1.165, 1.54) is 6.92 Å². The molecule has 1 N–H and O–H groups in total. The molecule has 0 radical (unpaired) electrons. The van der Waals surface area contributed by atoms with Crippen molar-refractivity contribution in [3.8, 4) is 0 Å². The molecule has 0 aliphatic carbocycles. The van der Waals surface area contributed by atoms with E-state index in [1.54, 1.807) is 6.92 Å². The highest BCUT2D eigenvalue weighted by Gasteiger charge is 2.12. The maximum Gasteiger partial charge on any atom is 0.200 e. The number of hydrogen-bond donors (Lipinski definition) is 1. The van der Waals surface area contributed by atoms with Crippen LogP contribution in [0.5, 0.6) is 0 Å². The number of hydrogen-bond acceptors (Lipinski definition) is 3. The normalized spacial score (nSPS) is 12.7. The van der Waals surface area contributed by atoms with E-state index in [2.05, 4.69) is 0 Å². The zero-order chi connectivity index (χ0) is 8.15. The molecule has 0 saturated carbocycles. The molecule has 58 valence electrons. The summed E-state index contributed by atoms with van der Waals surface area (Å²) in [5.74, 6) is -0.971. The molecule has 3 nitrogen and oxygen atoms in total. The van der Waals surface area contributed by atoms with E-state index in [-0.39, 0.29) is 6.42 Å². The van der Waals surface area contributed by atoms with Crippen molar-refractivity contribution in [1.29, 1.82) is 0 Å². The molecule has 0 amide bonds. The van der Waals surface area contributed by atoms with Crippen LogP contribution in [-0.4, -0.2) is 22.8 Å². The summed E-state index contributed by atoms with van der Waals surface area (Å²) in [4.78, 5) is 20.9. The molecular formula is C7H12O3. The fraction of sp³-hybridized carbons (Fsp3) is 0.714. The molecule has 0 bridgehead atoms. The van der Waals surface area contributed by atoms with Crippen LogP contribution < -0.4 is 0 Å². The summed E-state index contributed by atoms with van der Waals surface area (Å²) in [6, 6.07) is 0. The Morgan fingerprint density at radius 2 is 2.00 bits per heavy atom. The highest BCUT2D eigenvalue weighted by molar-refractivity contribution is 6.36. The Balaban J connectivity index is 3.68. The number of carbonyl (C=O) groups is 2. The largest absolute Gasteiger partial charge is 0.393 e. The van der Waals surface area contributed by atoms with Gasteiger partial charge in [-0.2, -0.15) is 0 Å². The van der Waals surface area contributed by atoms with Gasteiger partial charge in [-0.1, -0.05) is 6.92 Å². The molecule has 0 aromatic rings. The summed E-state index contributed by atoms with van der Waals surface area (Å²) < 4.78 is 0. The third-order valence-corrected chi connectivity index (χ3v) is 1.28. The number of aliphatic hydroxyl groups excluding tert-OH is 1. The number of carbonyl (C=O) groups excluding carboxylic acids is 2. The Labute approximate surface area is 60.0 Å². The Kier molecular flexibility index (Phi) is 3.88. The first kappa shape index (κ1) is 9.30. The molecule has 0 aliphatic rings. The molecule has 0 saturated heterocycles. The highest BCUT2D eigenvalue weighted by atomic mass is 16.3. The van der Waals surface area contributed by atoms with Gasteiger partial charge in [-0.25, -0.2) is 0 Å². The van der Waals surface area contributed by atoms with Gasteiger partial charge in [0.1, 0.15) is 0 Å². The molecule has 3 heteroatoms. The third kappa shape index (κ3) is 3.35. The first-order chi connectivity index (χ1) is 4.57. The maximum atomic E-state index is 10.6. The average molecular weight is 144 g/mol. The molecule has 0 aromatic heterocycles. The van der Waals surface area contributed by atoms with Crippen molar-refractivity contribution in [2.24, 2.45) is 0 Å². The van der Waals surface area contributed by atoms with Crippen LogP contribution in [0, 0.1) is 0 Å². The van der Waals surface area contributed by atoms with E-state index in [0.29, 0.717) is 6.42 Å². The number of ketones is 2. The van der Waals surface area contributed by atoms with Crippen LogP contribution in [0.25, 0.3) is 0 Å². The lowest BCUT2D eigenvalue weighted by atomic mass is 10.1. The van der Waals surface area contributed by atoms with Gasteiger partial charge in [-0.15, -0.1) is 0 Å². The van der Waals surface area contributed by atoms with Crippen LogP contribution in [0.2, 0.25) is 0 Å². The molecule has 0 spiro atoms. The molecule has 1 atom stereocenters. The number of aliphatic hydroxyl groups is 1. The van der Waals surface area contributed by atoms with Crippen LogP contribution in [-0.2, 0) is 9.59 Å². The lowest BCUT2D eigenvalue weighted by Gasteiger charge is -2.02. The quantitative estimate of drug-likeness (QED) is 0.577. The van der Waals surface area contributed by atoms with Gasteiger partial charge in [0, 0.05) is 13.3 Å². The van der Waals surface area contributed by atoms with Gasteiger partial charge in [0.2, 0.25) is 5.78 Å². The molecule has 1 unspecified atom stereocenters. The van der Waals surface area contributed by atoms with E-state index in [0.717, 1.165) is 0 Å². The summed E-state index contributed by atoms with van der Waals surface area (Å²) in [6.07, 6.45) is -0.179. The minimum atomic E-state index is -0.656. The Hall–Kier alpha value is -0.700. The number of Topliss-reactive ketones (excluding diaryl/α,β-unsaturated/α-hetero) is 2. The van der Waals surface area contributed by atoms with Crippen LogP contribution in [0.3, 0.4) is 0 Å². The maximum absolute atomic E-state index is 10.6. The molecule has 0 rings (SSSR count).